The molecule has 0 fully saturated rings. The van der Waals surface area contributed by atoms with Crippen LogP contribution >= 0.6 is 0 Å². The zero-order valence-electron chi connectivity index (χ0n) is 7.76. The summed E-state index contributed by atoms with van der Waals surface area (Å²) in [5, 5.41) is 0. The molecule has 3 nitrogen and oxygen atoms in total. The van der Waals surface area contributed by atoms with Crippen LogP contribution in [0.1, 0.15) is 19.5 Å². The number of imidazole rings is 1. The monoisotopic (exact) mass is 155 g/mol. The number of nitrogens with one attached hydrogen (secondary N) is 1. The number of hydrogen-bond acceptors (Lipinski definition) is 2. The van der Waals surface area contributed by atoms with Gasteiger partial charge >= 0.3 is 0 Å². The number of aromatic amines is 1. The lowest BCUT2D eigenvalue weighted by molar-refractivity contribution is 0.397. The molecule has 1 rings (SSSR count). The van der Waals surface area contributed by atoms with Crippen molar-refractivity contribution in [2.24, 2.45) is 0 Å². The van der Waals surface area contributed by atoms with Crippen molar-refractivity contribution in [2.45, 2.75) is 20.4 Å². The maximum absolute atomic E-state index is 3.89. The average molecular weight is 155 g/mol. The highest BCUT2D eigenvalue weighted by Crippen LogP contribution is 1.92. The lowest BCUT2D eigenvalue weighted by atomic mass is 10.4. The molecule has 0 aliphatic rings. The molecule has 0 radical (unpaired) electrons. The first-order chi connectivity index (χ1) is 5.29. The molecule has 3 heteroatoms. The van der Waals surface area contributed by atoms with Gasteiger partial charge in [0.25, 0.3) is 0 Å². The van der Waals surface area contributed by atoms with E-state index < -0.39 is 0 Å². The first-order valence-corrected chi connectivity index (χ1v) is 3.91. The van der Waals surface area contributed by atoms with Gasteiger partial charge in [-0.25, -0.2) is 4.98 Å². The molecule has 64 valence electrons. The smallest absolute Gasteiger partial charge is 0.0922 e. The number of H-pyrrole nitrogens is 1. The van der Waals surface area contributed by atoms with E-state index in [0.717, 1.165) is 12.2 Å². The predicted molar refractivity (Wildman–Crippen MR) is 47.3 cm³/mol. The first kappa shape index (κ1) is 10.2. The van der Waals surface area contributed by atoms with Crippen LogP contribution in [0.15, 0.2) is 12.5 Å². The third kappa shape index (κ3) is 4.56. The zero-order valence-corrected chi connectivity index (χ0v) is 7.76. The highest BCUT2D eigenvalue weighted by atomic mass is 15.1. The second-order valence-corrected chi connectivity index (χ2v) is 2.31. The SMILES string of the molecule is CC.CN(C)Cc1cnc[nH]1. The molecule has 0 unspecified atom stereocenters. The Morgan fingerprint density at radius 3 is 2.45 bits per heavy atom. The summed E-state index contributed by atoms with van der Waals surface area (Å²) in [5.74, 6) is 0. The molecule has 1 heterocycles. The van der Waals surface area contributed by atoms with Gasteiger partial charge < -0.3 is 9.88 Å². The Balaban J connectivity index is 0.000000461. The molecular weight excluding hydrogens is 138 g/mol. The van der Waals surface area contributed by atoms with Crippen LogP contribution in [0.4, 0.5) is 0 Å². The van der Waals surface area contributed by atoms with Crippen molar-refractivity contribution >= 4 is 0 Å². The molecule has 1 N–H and O–H groups in total. The summed E-state index contributed by atoms with van der Waals surface area (Å²) in [7, 11) is 4.06. The molecule has 0 aromatic carbocycles. The highest BCUT2D eigenvalue weighted by molar-refractivity contribution is 4.92. The molecule has 0 bridgehead atoms. The van der Waals surface area contributed by atoms with Crippen molar-refractivity contribution in [1.29, 1.82) is 0 Å². The van der Waals surface area contributed by atoms with Crippen LogP contribution in [-0.4, -0.2) is 29.0 Å². The maximum atomic E-state index is 3.89. The zero-order chi connectivity index (χ0) is 8.69. The summed E-state index contributed by atoms with van der Waals surface area (Å²) in [6.45, 7) is 4.93. The van der Waals surface area contributed by atoms with Crippen molar-refractivity contribution < 1.29 is 0 Å². The molecule has 0 atom stereocenters. The van der Waals surface area contributed by atoms with Crippen LogP contribution in [0.25, 0.3) is 0 Å². The van der Waals surface area contributed by atoms with E-state index >= 15 is 0 Å². The standard InChI is InChI=1S/C6H11N3.C2H6/c1-9(2)4-6-3-7-5-8-6;1-2/h3,5H,4H2,1-2H3,(H,7,8);1-2H3. The molecule has 1 aromatic rings. The van der Waals surface area contributed by atoms with Crippen LogP contribution in [0.3, 0.4) is 0 Å². The molecule has 0 aliphatic heterocycles. The lowest BCUT2D eigenvalue weighted by Gasteiger charge is -2.05. The second kappa shape index (κ2) is 5.92. The molecule has 0 aliphatic carbocycles. The van der Waals surface area contributed by atoms with Gasteiger partial charge in [-0.1, -0.05) is 13.8 Å². The van der Waals surface area contributed by atoms with Gasteiger partial charge in [-0.05, 0) is 14.1 Å². The third-order valence-corrected chi connectivity index (χ3v) is 1.04. The minimum Gasteiger partial charge on any atom is -0.347 e. The van der Waals surface area contributed by atoms with Gasteiger partial charge in [0.05, 0.1) is 6.33 Å². The normalized spacial score (nSPS) is 9.18. The van der Waals surface area contributed by atoms with E-state index in [9.17, 15) is 0 Å². The summed E-state index contributed by atoms with van der Waals surface area (Å²) in [4.78, 5) is 9.00. The Morgan fingerprint density at radius 1 is 1.45 bits per heavy atom. The maximum Gasteiger partial charge on any atom is 0.0922 e. The molecule has 0 amide bonds. The van der Waals surface area contributed by atoms with E-state index in [2.05, 4.69) is 14.9 Å². The third-order valence-electron chi connectivity index (χ3n) is 1.04. The van der Waals surface area contributed by atoms with Crippen LogP contribution in [0.5, 0.6) is 0 Å². The van der Waals surface area contributed by atoms with E-state index in [4.69, 9.17) is 0 Å². The molecule has 1 aromatic heterocycles. The van der Waals surface area contributed by atoms with E-state index in [1.54, 1.807) is 6.33 Å². The lowest BCUT2D eigenvalue weighted by Crippen LogP contribution is -2.10. The molecular formula is C8H17N3. The number of aromatic nitrogens is 2. The molecule has 11 heavy (non-hydrogen) atoms. The minimum atomic E-state index is 0.931. The fourth-order valence-electron chi connectivity index (χ4n) is 0.712. The summed E-state index contributed by atoms with van der Waals surface area (Å²) < 4.78 is 0. The van der Waals surface area contributed by atoms with Gasteiger partial charge in [0.15, 0.2) is 0 Å². The average Bonchev–Trinajstić information content (AvgIpc) is 2.43. The Bertz CT molecular complexity index is 156. The number of hydrogen-bond donors (Lipinski definition) is 1. The van der Waals surface area contributed by atoms with Gasteiger partial charge in [-0.3, -0.25) is 0 Å². The van der Waals surface area contributed by atoms with E-state index in [1.165, 1.54) is 0 Å². The van der Waals surface area contributed by atoms with Gasteiger partial charge in [-0.2, -0.15) is 0 Å². The van der Waals surface area contributed by atoms with Gasteiger partial charge in [0.1, 0.15) is 0 Å². The molecule has 0 saturated carbocycles. The Hall–Kier alpha value is -0.830. The van der Waals surface area contributed by atoms with E-state index in [-0.39, 0.29) is 0 Å². The number of rotatable bonds is 2. The minimum absolute atomic E-state index is 0.931. The van der Waals surface area contributed by atoms with Crippen LogP contribution in [0.2, 0.25) is 0 Å². The fraction of sp³-hybridized carbons (Fsp3) is 0.625. The van der Waals surface area contributed by atoms with Gasteiger partial charge in [-0.15, -0.1) is 0 Å². The molecule has 0 saturated heterocycles. The topological polar surface area (TPSA) is 31.9 Å². The van der Waals surface area contributed by atoms with Gasteiger partial charge in [0.2, 0.25) is 0 Å². The highest BCUT2D eigenvalue weighted by Gasteiger charge is 1.92. The summed E-state index contributed by atoms with van der Waals surface area (Å²) in [6.07, 6.45) is 3.53. The molecule has 0 spiro atoms. The fourth-order valence-corrected chi connectivity index (χ4v) is 0.712. The van der Waals surface area contributed by atoms with E-state index in [0.29, 0.717) is 0 Å². The van der Waals surface area contributed by atoms with Crippen molar-refractivity contribution in [3.05, 3.63) is 18.2 Å². The second-order valence-electron chi connectivity index (χ2n) is 2.31. The van der Waals surface area contributed by atoms with Crippen LogP contribution in [-0.2, 0) is 6.54 Å². The Labute approximate surface area is 68.5 Å². The van der Waals surface area contributed by atoms with Crippen molar-refractivity contribution in [2.75, 3.05) is 14.1 Å². The number of nitrogens with zero attached hydrogens (tertiary/aromatic N) is 2. The van der Waals surface area contributed by atoms with Crippen LogP contribution in [0, 0.1) is 0 Å². The summed E-state index contributed by atoms with van der Waals surface area (Å²) in [6, 6.07) is 0. The van der Waals surface area contributed by atoms with E-state index in [1.807, 2.05) is 34.1 Å². The van der Waals surface area contributed by atoms with Crippen molar-refractivity contribution in [1.82, 2.24) is 14.9 Å². The van der Waals surface area contributed by atoms with Crippen molar-refractivity contribution in [3.63, 3.8) is 0 Å². The van der Waals surface area contributed by atoms with Gasteiger partial charge in [0, 0.05) is 18.4 Å². The summed E-state index contributed by atoms with van der Waals surface area (Å²) in [5.41, 5.74) is 1.15. The first-order valence-electron chi connectivity index (χ1n) is 3.91. The van der Waals surface area contributed by atoms with Crippen molar-refractivity contribution in [3.8, 4) is 0 Å². The Kier molecular flexibility index (Phi) is 5.47. The quantitative estimate of drug-likeness (QED) is 0.701. The predicted octanol–water partition coefficient (Wildman–Crippen LogP) is 1.50. The van der Waals surface area contributed by atoms with Crippen LogP contribution < -0.4 is 0 Å². The summed E-state index contributed by atoms with van der Waals surface area (Å²) >= 11 is 0. The largest absolute Gasteiger partial charge is 0.347 e. The Morgan fingerprint density at radius 2 is 2.09 bits per heavy atom.